The lowest BCUT2D eigenvalue weighted by Crippen LogP contribution is -2.11. The maximum Gasteiger partial charge on any atom is 0.224 e. The zero-order valence-electron chi connectivity index (χ0n) is 14.1. The monoisotopic (exact) mass is 322 g/mol. The molecule has 5 heteroatoms. The number of aryl methyl sites for hydroxylation is 1. The fourth-order valence-electron chi connectivity index (χ4n) is 2.64. The molecule has 0 saturated heterocycles. The van der Waals surface area contributed by atoms with Gasteiger partial charge >= 0.3 is 0 Å². The van der Waals surface area contributed by atoms with Crippen molar-refractivity contribution in [2.24, 2.45) is 0 Å². The summed E-state index contributed by atoms with van der Waals surface area (Å²) in [7, 11) is 0. The number of rotatable bonds is 6. The first-order valence-corrected chi connectivity index (χ1v) is 8.32. The van der Waals surface area contributed by atoms with Crippen LogP contribution in [0, 0.1) is 0 Å². The second-order valence-corrected chi connectivity index (χ2v) is 6.22. The SMILES string of the molecule is CC(C)c1ccc(NC(=O)CCCc2nnc3ccccn23)cc1. The van der Waals surface area contributed by atoms with Crippen LogP contribution in [0.3, 0.4) is 0 Å². The number of benzene rings is 1. The molecule has 1 amide bonds. The van der Waals surface area contributed by atoms with E-state index in [1.165, 1.54) is 5.56 Å². The van der Waals surface area contributed by atoms with Gasteiger partial charge in [0.2, 0.25) is 5.91 Å². The molecule has 0 fully saturated rings. The molecule has 2 heterocycles. The van der Waals surface area contributed by atoms with Crippen LogP contribution in [-0.4, -0.2) is 20.5 Å². The largest absolute Gasteiger partial charge is 0.326 e. The molecule has 0 unspecified atom stereocenters. The molecule has 0 bridgehead atoms. The normalized spacial score (nSPS) is 11.1. The van der Waals surface area contributed by atoms with Gasteiger partial charge in [-0.3, -0.25) is 9.20 Å². The summed E-state index contributed by atoms with van der Waals surface area (Å²) >= 11 is 0. The number of carbonyl (C=O) groups is 1. The maximum atomic E-state index is 12.1. The summed E-state index contributed by atoms with van der Waals surface area (Å²) < 4.78 is 1.96. The minimum Gasteiger partial charge on any atom is -0.326 e. The maximum absolute atomic E-state index is 12.1. The Morgan fingerprint density at radius 3 is 2.67 bits per heavy atom. The predicted molar refractivity (Wildman–Crippen MR) is 95.1 cm³/mol. The molecular formula is C19H22N4O. The summed E-state index contributed by atoms with van der Waals surface area (Å²) in [5.41, 5.74) is 2.95. The molecule has 3 aromatic rings. The van der Waals surface area contributed by atoms with Crippen LogP contribution in [0.1, 0.15) is 44.0 Å². The number of hydrogen-bond donors (Lipinski definition) is 1. The highest BCUT2D eigenvalue weighted by atomic mass is 16.1. The number of anilines is 1. The van der Waals surface area contributed by atoms with Crippen LogP contribution in [0.5, 0.6) is 0 Å². The van der Waals surface area contributed by atoms with Crippen LogP contribution in [0.2, 0.25) is 0 Å². The Kier molecular flexibility index (Phi) is 4.89. The van der Waals surface area contributed by atoms with Gasteiger partial charge in [0, 0.05) is 24.7 Å². The summed E-state index contributed by atoms with van der Waals surface area (Å²) in [5.74, 6) is 1.41. The van der Waals surface area contributed by atoms with Gasteiger partial charge in [0.15, 0.2) is 5.65 Å². The second-order valence-electron chi connectivity index (χ2n) is 6.22. The van der Waals surface area contributed by atoms with Crippen molar-refractivity contribution in [3.8, 4) is 0 Å². The van der Waals surface area contributed by atoms with Crippen molar-refractivity contribution in [3.63, 3.8) is 0 Å². The molecule has 1 aromatic carbocycles. The average Bonchev–Trinajstić information content (AvgIpc) is 2.99. The molecule has 0 aliphatic carbocycles. The molecule has 0 saturated carbocycles. The van der Waals surface area contributed by atoms with Gasteiger partial charge in [-0.05, 0) is 42.2 Å². The Balaban J connectivity index is 1.50. The fourth-order valence-corrected chi connectivity index (χ4v) is 2.64. The number of aromatic nitrogens is 3. The fraction of sp³-hybridized carbons (Fsp3) is 0.316. The van der Waals surface area contributed by atoms with Crippen molar-refractivity contribution in [2.45, 2.75) is 39.0 Å². The van der Waals surface area contributed by atoms with Crippen molar-refractivity contribution in [1.29, 1.82) is 0 Å². The number of hydrogen-bond acceptors (Lipinski definition) is 3. The molecule has 0 spiro atoms. The quantitative estimate of drug-likeness (QED) is 0.750. The molecule has 0 aliphatic rings. The summed E-state index contributed by atoms with van der Waals surface area (Å²) in [6.45, 7) is 4.31. The number of fused-ring (bicyclic) bond motifs is 1. The third-order valence-corrected chi connectivity index (χ3v) is 4.05. The average molecular weight is 322 g/mol. The topological polar surface area (TPSA) is 59.3 Å². The molecule has 1 N–H and O–H groups in total. The Bertz CT molecular complexity index is 821. The van der Waals surface area contributed by atoms with E-state index in [4.69, 9.17) is 0 Å². The van der Waals surface area contributed by atoms with Crippen LogP contribution < -0.4 is 5.32 Å². The number of nitrogens with zero attached hydrogens (tertiary/aromatic N) is 3. The Labute approximate surface area is 141 Å². The number of nitrogens with one attached hydrogen (secondary N) is 1. The van der Waals surface area contributed by atoms with Crippen LogP contribution in [-0.2, 0) is 11.2 Å². The highest BCUT2D eigenvalue weighted by Gasteiger charge is 2.07. The van der Waals surface area contributed by atoms with E-state index in [-0.39, 0.29) is 5.91 Å². The van der Waals surface area contributed by atoms with E-state index in [2.05, 4.69) is 41.5 Å². The third-order valence-electron chi connectivity index (χ3n) is 4.05. The summed E-state index contributed by atoms with van der Waals surface area (Å²) in [4.78, 5) is 12.1. The standard InChI is InChI=1S/C19H22N4O/c1-14(2)15-9-11-16(12-10-15)20-19(24)8-5-7-18-22-21-17-6-3-4-13-23(17)18/h3-4,6,9-14H,5,7-8H2,1-2H3,(H,20,24). The Hall–Kier alpha value is -2.69. The second kappa shape index (κ2) is 7.25. The first-order valence-electron chi connectivity index (χ1n) is 8.32. The highest BCUT2D eigenvalue weighted by molar-refractivity contribution is 5.90. The lowest BCUT2D eigenvalue weighted by atomic mass is 10.0. The van der Waals surface area contributed by atoms with E-state index < -0.39 is 0 Å². The van der Waals surface area contributed by atoms with E-state index in [1.54, 1.807) is 0 Å². The zero-order valence-corrected chi connectivity index (χ0v) is 14.1. The first kappa shape index (κ1) is 16.2. The summed E-state index contributed by atoms with van der Waals surface area (Å²) in [6.07, 6.45) is 3.88. The van der Waals surface area contributed by atoms with E-state index in [0.717, 1.165) is 30.0 Å². The van der Waals surface area contributed by atoms with E-state index in [1.807, 2.05) is 40.9 Å². The molecular weight excluding hydrogens is 300 g/mol. The molecule has 3 rings (SSSR count). The van der Waals surface area contributed by atoms with Gasteiger partial charge in [-0.15, -0.1) is 10.2 Å². The van der Waals surface area contributed by atoms with E-state index in [9.17, 15) is 4.79 Å². The first-order chi connectivity index (χ1) is 11.6. The molecule has 5 nitrogen and oxygen atoms in total. The summed E-state index contributed by atoms with van der Waals surface area (Å²) in [6, 6.07) is 13.8. The van der Waals surface area contributed by atoms with Crippen LogP contribution >= 0.6 is 0 Å². The van der Waals surface area contributed by atoms with Gasteiger partial charge in [-0.1, -0.05) is 32.0 Å². The van der Waals surface area contributed by atoms with Crippen molar-refractivity contribution < 1.29 is 4.79 Å². The van der Waals surface area contributed by atoms with Crippen LogP contribution in [0.15, 0.2) is 48.7 Å². The molecule has 24 heavy (non-hydrogen) atoms. The Morgan fingerprint density at radius 2 is 1.92 bits per heavy atom. The molecule has 124 valence electrons. The molecule has 0 aliphatic heterocycles. The Morgan fingerprint density at radius 1 is 1.12 bits per heavy atom. The van der Waals surface area contributed by atoms with Gasteiger partial charge in [0.05, 0.1) is 0 Å². The number of carbonyl (C=O) groups excluding carboxylic acids is 1. The number of amides is 1. The van der Waals surface area contributed by atoms with Gasteiger partial charge in [-0.25, -0.2) is 0 Å². The highest BCUT2D eigenvalue weighted by Crippen LogP contribution is 2.17. The van der Waals surface area contributed by atoms with Gasteiger partial charge in [-0.2, -0.15) is 0 Å². The van der Waals surface area contributed by atoms with Gasteiger partial charge < -0.3 is 5.32 Å². The van der Waals surface area contributed by atoms with Gasteiger partial charge in [0.1, 0.15) is 5.82 Å². The van der Waals surface area contributed by atoms with Crippen molar-refractivity contribution in [3.05, 3.63) is 60.0 Å². The van der Waals surface area contributed by atoms with Crippen LogP contribution in [0.4, 0.5) is 5.69 Å². The van der Waals surface area contributed by atoms with Crippen molar-refractivity contribution in [1.82, 2.24) is 14.6 Å². The minimum absolute atomic E-state index is 0.0288. The zero-order chi connectivity index (χ0) is 16.9. The lowest BCUT2D eigenvalue weighted by molar-refractivity contribution is -0.116. The predicted octanol–water partition coefficient (Wildman–Crippen LogP) is 3.81. The molecule has 2 aromatic heterocycles. The lowest BCUT2D eigenvalue weighted by Gasteiger charge is -2.08. The summed E-state index contributed by atoms with van der Waals surface area (Å²) in [5, 5.41) is 11.2. The van der Waals surface area contributed by atoms with Crippen molar-refractivity contribution >= 4 is 17.2 Å². The van der Waals surface area contributed by atoms with E-state index in [0.29, 0.717) is 12.3 Å². The van der Waals surface area contributed by atoms with Gasteiger partial charge in [0.25, 0.3) is 0 Å². The number of pyridine rings is 1. The van der Waals surface area contributed by atoms with E-state index >= 15 is 0 Å². The molecule has 0 atom stereocenters. The smallest absolute Gasteiger partial charge is 0.224 e. The molecule has 0 radical (unpaired) electrons. The van der Waals surface area contributed by atoms with Crippen LogP contribution in [0.25, 0.3) is 5.65 Å². The third kappa shape index (κ3) is 3.79. The van der Waals surface area contributed by atoms with Crippen molar-refractivity contribution in [2.75, 3.05) is 5.32 Å². The minimum atomic E-state index is 0.0288.